The fourth-order valence-corrected chi connectivity index (χ4v) is 3.08. The Labute approximate surface area is 192 Å². The van der Waals surface area contributed by atoms with Crippen LogP contribution in [0.4, 0.5) is 18.9 Å². The molecule has 0 aliphatic carbocycles. The lowest BCUT2D eigenvalue weighted by molar-refractivity contribution is -0.141. The number of oxime groups is 1. The van der Waals surface area contributed by atoms with Crippen molar-refractivity contribution in [3.8, 4) is 11.6 Å². The second-order valence-electron chi connectivity index (χ2n) is 6.88. The molecule has 8 nitrogen and oxygen atoms in total. The second kappa shape index (κ2) is 10.4. The van der Waals surface area contributed by atoms with E-state index < -0.39 is 11.9 Å². The summed E-state index contributed by atoms with van der Waals surface area (Å²) in [4.78, 5) is 26.7. The second-order valence-corrected chi connectivity index (χ2v) is 7.23. The van der Waals surface area contributed by atoms with Crippen molar-refractivity contribution in [2.24, 2.45) is 5.16 Å². The monoisotopic (exact) mass is 480 g/mol. The molecule has 33 heavy (non-hydrogen) atoms. The summed E-state index contributed by atoms with van der Waals surface area (Å²) in [5.41, 5.74) is 0.477. The molecule has 3 rings (SSSR count). The summed E-state index contributed by atoms with van der Waals surface area (Å²) in [5.74, 6) is -0.517. The maximum Gasteiger partial charge on any atom is 0.433 e. The van der Waals surface area contributed by atoms with Crippen LogP contribution >= 0.6 is 11.6 Å². The normalized spacial score (nSPS) is 12.0. The lowest BCUT2D eigenvalue weighted by Crippen LogP contribution is -2.30. The standard InChI is InChI=1S/C21H20ClF3N6O2/c1-3-30(16-13-31(28-20(16)22)15-6-5-11-26-12-15)19(32)10-9-14(2)29-33-18-8-4-7-17(27-18)21(23,24)25/h4-8,11-13H,3,9-10H2,1-2H3/b29-14+. The first-order valence-corrected chi connectivity index (χ1v) is 10.3. The van der Waals surface area contributed by atoms with E-state index in [1.807, 2.05) is 0 Å². The third kappa shape index (κ3) is 6.28. The summed E-state index contributed by atoms with van der Waals surface area (Å²) >= 11 is 6.26. The number of amides is 1. The molecule has 0 aliphatic heterocycles. The van der Waals surface area contributed by atoms with Gasteiger partial charge in [-0.3, -0.25) is 9.78 Å². The number of nitrogens with zero attached hydrogens (tertiary/aromatic N) is 6. The molecule has 174 valence electrons. The van der Waals surface area contributed by atoms with Gasteiger partial charge in [0.15, 0.2) is 5.15 Å². The van der Waals surface area contributed by atoms with E-state index in [0.717, 1.165) is 6.07 Å². The van der Waals surface area contributed by atoms with Crippen LogP contribution in [-0.4, -0.2) is 37.9 Å². The van der Waals surface area contributed by atoms with Crippen LogP contribution in [0.25, 0.3) is 5.69 Å². The van der Waals surface area contributed by atoms with Crippen molar-refractivity contribution in [3.63, 3.8) is 0 Å². The zero-order valence-electron chi connectivity index (χ0n) is 17.8. The number of hydrogen-bond donors (Lipinski definition) is 0. The van der Waals surface area contributed by atoms with Gasteiger partial charge in [0, 0.05) is 25.2 Å². The van der Waals surface area contributed by atoms with Crippen LogP contribution in [0.2, 0.25) is 5.15 Å². The van der Waals surface area contributed by atoms with Gasteiger partial charge in [-0.05, 0) is 38.5 Å². The molecule has 0 aliphatic rings. The summed E-state index contributed by atoms with van der Waals surface area (Å²) < 4.78 is 39.7. The lowest BCUT2D eigenvalue weighted by Gasteiger charge is -2.19. The molecule has 0 N–H and O–H groups in total. The summed E-state index contributed by atoms with van der Waals surface area (Å²) in [6.45, 7) is 3.77. The van der Waals surface area contributed by atoms with Crippen molar-refractivity contribution in [2.75, 3.05) is 11.4 Å². The molecule has 0 unspecified atom stereocenters. The number of hydrogen-bond acceptors (Lipinski definition) is 6. The van der Waals surface area contributed by atoms with Crippen LogP contribution < -0.4 is 9.74 Å². The highest BCUT2D eigenvalue weighted by molar-refractivity contribution is 6.32. The van der Waals surface area contributed by atoms with Crippen LogP contribution in [0.1, 0.15) is 32.4 Å². The molecule has 3 aromatic rings. The first-order valence-electron chi connectivity index (χ1n) is 9.89. The number of carbonyl (C=O) groups excluding carboxylic acids is 1. The lowest BCUT2D eigenvalue weighted by atomic mass is 10.2. The number of pyridine rings is 2. The minimum atomic E-state index is -4.58. The molecular formula is C21H20ClF3N6O2. The Morgan fingerprint density at radius 2 is 2.03 bits per heavy atom. The van der Waals surface area contributed by atoms with Gasteiger partial charge < -0.3 is 9.74 Å². The van der Waals surface area contributed by atoms with Crippen molar-refractivity contribution in [1.29, 1.82) is 0 Å². The minimum Gasteiger partial charge on any atom is -0.337 e. The first-order chi connectivity index (χ1) is 15.7. The molecule has 1 amide bonds. The molecular weight excluding hydrogens is 461 g/mol. The molecule has 12 heteroatoms. The van der Waals surface area contributed by atoms with E-state index in [4.69, 9.17) is 16.4 Å². The van der Waals surface area contributed by atoms with Gasteiger partial charge in [0.05, 0.1) is 23.8 Å². The highest BCUT2D eigenvalue weighted by atomic mass is 35.5. The molecule has 0 saturated heterocycles. The first kappa shape index (κ1) is 24.2. The summed E-state index contributed by atoms with van der Waals surface area (Å²) in [6.07, 6.45) is 0.613. The van der Waals surface area contributed by atoms with Crippen molar-refractivity contribution >= 4 is 28.9 Å². The molecule has 0 aromatic carbocycles. The predicted molar refractivity (Wildman–Crippen MR) is 117 cm³/mol. The molecule has 0 saturated carbocycles. The highest BCUT2D eigenvalue weighted by Gasteiger charge is 2.32. The van der Waals surface area contributed by atoms with Gasteiger partial charge in [0.2, 0.25) is 11.8 Å². The van der Waals surface area contributed by atoms with Crippen molar-refractivity contribution < 1.29 is 22.8 Å². The molecule has 3 heterocycles. The fourth-order valence-electron chi connectivity index (χ4n) is 2.84. The third-order valence-corrected chi connectivity index (χ3v) is 4.75. The Morgan fingerprint density at radius 1 is 1.24 bits per heavy atom. The quantitative estimate of drug-likeness (QED) is 0.337. The van der Waals surface area contributed by atoms with Gasteiger partial charge in [-0.2, -0.15) is 18.3 Å². The molecule has 0 atom stereocenters. The fraction of sp³-hybridized carbons (Fsp3) is 0.286. The van der Waals surface area contributed by atoms with Crippen LogP contribution in [0.5, 0.6) is 5.88 Å². The number of alkyl halides is 3. The van der Waals surface area contributed by atoms with Crippen molar-refractivity contribution in [2.45, 2.75) is 32.9 Å². The van der Waals surface area contributed by atoms with Gasteiger partial charge in [0.25, 0.3) is 0 Å². The van der Waals surface area contributed by atoms with Crippen molar-refractivity contribution in [3.05, 3.63) is 59.8 Å². The van der Waals surface area contributed by atoms with Crippen LogP contribution in [0.15, 0.2) is 54.1 Å². The Morgan fingerprint density at radius 3 is 2.70 bits per heavy atom. The van der Waals surface area contributed by atoms with E-state index in [0.29, 0.717) is 23.6 Å². The van der Waals surface area contributed by atoms with Gasteiger partial charge in [-0.1, -0.05) is 22.8 Å². The molecule has 0 bridgehead atoms. The van der Waals surface area contributed by atoms with Gasteiger partial charge in [-0.25, -0.2) is 9.67 Å². The predicted octanol–water partition coefficient (Wildman–Crippen LogP) is 4.92. The maximum atomic E-state index is 12.8. The van der Waals surface area contributed by atoms with E-state index in [1.165, 1.54) is 21.7 Å². The van der Waals surface area contributed by atoms with Crippen LogP contribution in [0.3, 0.4) is 0 Å². The SMILES string of the molecule is CCN(C(=O)CC/C(C)=N/Oc1cccc(C(F)(F)F)n1)c1cn(-c2cccnc2)nc1Cl. The van der Waals surface area contributed by atoms with Gasteiger partial charge >= 0.3 is 6.18 Å². The van der Waals surface area contributed by atoms with E-state index in [1.54, 1.807) is 44.6 Å². The average molecular weight is 481 g/mol. The zero-order valence-corrected chi connectivity index (χ0v) is 18.5. The van der Waals surface area contributed by atoms with Gasteiger partial charge in [0.1, 0.15) is 11.4 Å². The number of carbonyl (C=O) groups is 1. The number of anilines is 1. The number of aromatic nitrogens is 4. The van der Waals surface area contributed by atoms with Gasteiger partial charge in [-0.15, -0.1) is 0 Å². The third-order valence-electron chi connectivity index (χ3n) is 4.48. The largest absolute Gasteiger partial charge is 0.433 e. The Hall–Kier alpha value is -3.47. The summed E-state index contributed by atoms with van der Waals surface area (Å²) in [6, 6.07) is 6.83. The molecule has 0 fully saturated rings. The summed E-state index contributed by atoms with van der Waals surface area (Å²) in [5, 5.41) is 8.17. The number of rotatable bonds is 8. The van der Waals surface area contributed by atoms with Crippen LogP contribution in [0, 0.1) is 0 Å². The van der Waals surface area contributed by atoms with Crippen LogP contribution in [-0.2, 0) is 11.0 Å². The zero-order chi connectivity index (χ0) is 24.0. The molecule has 0 radical (unpaired) electrons. The van der Waals surface area contributed by atoms with Crippen molar-refractivity contribution in [1.82, 2.24) is 19.7 Å². The maximum absolute atomic E-state index is 12.8. The smallest absolute Gasteiger partial charge is 0.337 e. The van der Waals surface area contributed by atoms with E-state index in [-0.39, 0.29) is 29.8 Å². The topological polar surface area (TPSA) is 85.5 Å². The average Bonchev–Trinajstić information content (AvgIpc) is 3.18. The molecule has 3 aromatic heterocycles. The Balaban J connectivity index is 1.63. The number of halogens is 4. The van der Waals surface area contributed by atoms with E-state index in [2.05, 4.69) is 20.2 Å². The molecule has 0 spiro atoms. The minimum absolute atomic E-state index is 0.0803. The Bertz CT molecular complexity index is 1130. The summed E-state index contributed by atoms with van der Waals surface area (Å²) in [7, 11) is 0. The Kier molecular flexibility index (Phi) is 7.64. The van der Waals surface area contributed by atoms with E-state index >= 15 is 0 Å². The highest BCUT2D eigenvalue weighted by Crippen LogP contribution is 2.29. The van der Waals surface area contributed by atoms with E-state index in [9.17, 15) is 18.0 Å².